The summed E-state index contributed by atoms with van der Waals surface area (Å²) in [6, 6.07) is 4.94. The number of rotatable bonds is 6. The Balaban J connectivity index is 1.93. The van der Waals surface area contributed by atoms with Gasteiger partial charge < -0.3 is 24.6 Å². The third-order valence-electron chi connectivity index (χ3n) is 4.02. The summed E-state index contributed by atoms with van der Waals surface area (Å²) in [6.45, 7) is 4.01. The number of carbonyl (C=O) groups is 1. The number of hydrogen-bond donors (Lipinski definition) is 2. The van der Waals surface area contributed by atoms with Crippen molar-refractivity contribution in [2.24, 2.45) is 4.99 Å². The van der Waals surface area contributed by atoms with Crippen LogP contribution in [0.15, 0.2) is 34.5 Å². The van der Waals surface area contributed by atoms with Crippen LogP contribution in [0.25, 0.3) is 0 Å². The summed E-state index contributed by atoms with van der Waals surface area (Å²) in [4.78, 5) is 17.2. The molecule has 9 heteroatoms. The molecule has 27 heavy (non-hydrogen) atoms. The fourth-order valence-corrected chi connectivity index (χ4v) is 3.85. The molecule has 0 amide bonds. The van der Waals surface area contributed by atoms with Gasteiger partial charge in [0, 0.05) is 17.3 Å². The molecule has 2 atom stereocenters. The normalized spacial score (nSPS) is 19.4. The molecule has 2 unspecified atom stereocenters. The van der Waals surface area contributed by atoms with Gasteiger partial charge in [0.25, 0.3) is 0 Å². The van der Waals surface area contributed by atoms with E-state index in [9.17, 15) is 9.90 Å². The molecule has 0 saturated heterocycles. The van der Waals surface area contributed by atoms with Crippen LogP contribution in [0.5, 0.6) is 11.5 Å². The molecule has 1 aromatic rings. The minimum Gasteiger partial charge on any atom is -0.463 e. The van der Waals surface area contributed by atoms with Crippen molar-refractivity contribution in [2.75, 3.05) is 25.0 Å². The molecule has 0 aromatic heterocycles. The Hall–Kier alpha value is -1.90. The van der Waals surface area contributed by atoms with Crippen LogP contribution in [-0.2, 0) is 9.53 Å². The second-order valence-electron chi connectivity index (χ2n) is 5.95. The predicted octanol–water partition coefficient (Wildman–Crippen LogP) is 2.59. The molecule has 0 aliphatic carbocycles. The highest BCUT2D eigenvalue weighted by Crippen LogP contribution is 2.39. The van der Waals surface area contributed by atoms with E-state index < -0.39 is 18.1 Å². The van der Waals surface area contributed by atoms with Crippen molar-refractivity contribution in [3.63, 3.8) is 0 Å². The SMILES string of the molecule is CCOC(=O)C1=C(C)NC(SCC(O)CCl)=NC1c1ccc2c(c1)OCO2. The average Bonchev–Trinajstić information content (AvgIpc) is 3.13. The number of aliphatic imine (C=N–C) groups is 1. The zero-order chi connectivity index (χ0) is 19.4. The van der Waals surface area contributed by atoms with Crippen LogP contribution in [0.4, 0.5) is 0 Å². The van der Waals surface area contributed by atoms with Crippen molar-refractivity contribution in [1.82, 2.24) is 5.32 Å². The Morgan fingerprint density at radius 1 is 1.48 bits per heavy atom. The summed E-state index contributed by atoms with van der Waals surface area (Å²) in [5.41, 5.74) is 1.89. The molecular weight excluding hydrogens is 392 g/mol. The van der Waals surface area contributed by atoms with E-state index in [1.54, 1.807) is 19.9 Å². The van der Waals surface area contributed by atoms with E-state index in [0.717, 1.165) is 5.56 Å². The molecule has 2 N–H and O–H groups in total. The first-order valence-electron chi connectivity index (χ1n) is 8.52. The molecule has 2 heterocycles. The number of thioether (sulfide) groups is 1. The number of aliphatic hydroxyl groups excluding tert-OH is 1. The minimum absolute atomic E-state index is 0.148. The van der Waals surface area contributed by atoms with E-state index in [4.69, 9.17) is 25.8 Å². The van der Waals surface area contributed by atoms with Gasteiger partial charge in [-0.25, -0.2) is 9.79 Å². The number of hydrogen-bond acceptors (Lipinski definition) is 8. The maximum Gasteiger partial charge on any atom is 0.338 e. The van der Waals surface area contributed by atoms with Gasteiger partial charge in [-0.3, -0.25) is 0 Å². The molecule has 0 radical (unpaired) electrons. The van der Waals surface area contributed by atoms with Gasteiger partial charge in [0.05, 0.1) is 18.3 Å². The maximum absolute atomic E-state index is 12.5. The third kappa shape index (κ3) is 4.51. The summed E-state index contributed by atoms with van der Waals surface area (Å²) >= 11 is 7.00. The first-order valence-corrected chi connectivity index (χ1v) is 10.0. The number of esters is 1. The molecule has 2 aliphatic rings. The van der Waals surface area contributed by atoms with Gasteiger partial charge in [0.1, 0.15) is 6.04 Å². The predicted molar refractivity (Wildman–Crippen MR) is 104 cm³/mol. The first kappa shape index (κ1) is 19.9. The first-order chi connectivity index (χ1) is 13.0. The van der Waals surface area contributed by atoms with Gasteiger partial charge in [-0.05, 0) is 31.5 Å². The lowest BCUT2D eigenvalue weighted by Gasteiger charge is -2.26. The minimum atomic E-state index is -0.638. The van der Waals surface area contributed by atoms with Crippen LogP contribution < -0.4 is 14.8 Å². The van der Waals surface area contributed by atoms with E-state index in [1.165, 1.54) is 11.8 Å². The molecule has 2 aliphatic heterocycles. The summed E-state index contributed by atoms with van der Waals surface area (Å²) in [7, 11) is 0. The Kier molecular flexibility index (Phi) is 6.51. The fraction of sp³-hybridized carbons (Fsp3) is 0.444. The van der Waals surface area contributed by atoms with Crippen molar-refractivity contribution in [3.8, 4) is 11.5 Å². The van der Waals surface area contributed by atoms with E-state index in [-0.39, 0.29) is 19.3 Å². The van der Waals surface area contributed by atoms with Crippen molar-refractivity contribution < 1.29 is 24.1 Å². The highest BCUT2D eigenvalue weighted by atomic mass is 35.5. The second kappa shape index (κ2) is 8.86. The topological polar surface area (TPSA) is 89.4 Å². The molecule has 0 bridgehead atoms. The zero-order valence-electron chi connectivity index (χ0n) is 15.0. The number of benzene rings is 1. The highest BCUT2D eigenvalue weighted by molar-refractivity contribution is 8.13. The quantitative estimate of drug-likeness (QED) is 0.548. The lowest BCUT2D eigenvalue weighted by atomic mass is 9.96. The standard InChI is InChI=1S/C18H21ClN2O5S/c1-3-24-17(23)15-10(2)20-18(27-8-12(22)7-19)21-16(15)11-4-5-13-14(6-11)26-9-25-13/h4-6,12,16,22H,3,7-9H2,1-2H3,(H,20,21). The van der Waals surface area contributed by atoms with Gasteiger partial charge >= 0.3 is 5.97 Å². The van der Waals surface area contributed by atoms with Crippen molar-refractivity contribution in [3.05, 3.63) is 35.0 Å². The lowest BCUT2D eigenvalue weighted by molar-refractivity contribution is -0.138. The van der Waals surface area contributed by atoms with E-state index in [0.29, 0.717) is 33.7 Å². The van der Waals surface area contributed by atoms with E-state index in [1.807, 2.05) is 12.1 Å². The molecule has 0 fully saturated rings. The molecular formula is C18H21ClN2O5S. The number of carbonyl (C=O) groups excluding carboxylic acids is 1. The molecule has 146 valence electrons. The fourth-order valence-electron chi connectivity index (χ4n) is 2.74. The number of allylic oxidation sites excluding steroid dienone is 1. The maximum atomic E-state index is 12.5. The number of nitrogens with one attached hydrogen (secondary N) is 1. The summed E-state index contributed by atoms with van der Waals surface area (Å²) in [6.07, 6.45) is -0.638. The number of ether oxygens (including phenoxy) is 3. The summed E-state index contributed by atoms with van der Waals surface area (Å²) < 4.78 is 16.0. The number of amidine groups is 1. The Morgan fingerprint density at radius 3 is 3.00 bits per heavy atom. The van der Waals surface area contributed by atoms with Crippen LogP contribution in [-0.4, -0.2) is 47.4 Å². The van der Waals surface area contributed by atoms with Crippen LogP contribution in [0.3, 0.4) is 0 Å². The van der Waals surface area contributed by atoms with Crippen molar-refractivity contribution in [1.29, 1.82) is 0 Å². The number of aliphatic hydroxyl groups is 1. The number of alkyl halides is 1. The lowest BCUT2D eigenvalue weighted by Crippen LogP contribution is -2.31. The molecule has 7 nitrogen and oxygen atoms in total. The zero-order valence-corrected chi connectivity index (χ0v) is 16.6. The molecule has 3 rings (SSSR count). The van der Waals surface area contributed by atoms with Crippen LogP contribution in [0, 0.1) is 0 Å². The van der Waals surface area contributed by atoms with Crippen LogP contribution in [0.1, 0.15) is 25.5 Å². The van der Waals surface area contributed by atoms with Crippen LogP contribution >= 0.6 is 23.4 Å². The van der Waals surface area contributed by atoms with Gasteiger partial charge in [-0.1, -0.05) is 17.8 Å². The highest BCUT2D eigenvalue weighted by Gasteiger charge is 2.31. The van der Waals surface area contributed by atoms with Crippen molar-refractivity contribution >= 4 is 34.5 Å². The monoisotopic (exact) mass is 412 g/mol. The number of nitrogens with zero attached hydrogens (tertiary/aromatic N) is 1. The molecule has 1 aromatic carbocycles. The van der Waals surface area contributed by atoms with Crippen molar-refractivity contribution in [2.45, 2.75) is 26.0 Å². The van der Waals surface area contributed by atoms with E-state index in [2.05, 4.69) is 10.3 Å². The number of halogens is 1. The summed E-state index contributed by atoms with van der Waals surface area (Å²) in [5, 5.41) is 13.4. The van der Waals surface area contributed by atoms with Gasteiger partial charge in [0.15, 0.2) is 16.7 Å². The number of fused-ring (bicyclic) bond motifs is 1. The van der Waals surface area contributed by atoms with Gasteiger partial charge in [-0.2, -0.15) is 0 Å². The van der Waals surface area contributed by atoms with Gasteiger partial charge in [-0.15, -0.1) is 11.6 Å². The van der Waals surface area contributed by atoms with Crippen LogP contribution in [0.2, 0.25) is 0 Å². The Labute approximate surface area is 166 Å². The van der Waals surface area contributed by atoms with Gasteiger partial charge in [0.2, 0.25) is 6.79 Å². The van der Waals surface area contributed by atoms with E-state index >= 15 is 0 Å². The smallest absolute Gasteiger partial charge is 0.338 e. The third-order valence-corrected chi connectivity index (χ3v) is 5.41. The average molecular weight is 413 g/mol. The summed E-state index contributed by atoms with van der Waals surface area (Å²) in [5.74, 6) is 1.41. The largest absolute Gasteiger partial charge is 0.463 e. The Morgan fingerprint density at radius 2 is 2.26 bits per heavy atom. The second-order valence-corrected chi connectivity index (χ2v) is 7.27. The molecule has 0 spiro atoms. The molecule has 0 saturated carbocycles. The Bertz CT molecular complexity index is 783.